The molecule has 2 N–H and O–H groups in total. The Morgan fingerprint density at radius 2 is 2.12 bits per heavy atom. The summed E-state index contributed by atoms with van der Waals surface area (Å²) >= 11 is 0. The maximum Gasteiger partial charge on any atom is 0.303 e. The number of imidazole rings is 1. The van der Waals surface area contributed by atoms with Gasteiger partial charge >= 0.3 is 11.9 Å². The molecule has 0 spiro atoms. The van der Waals surface area contributed by atoms with Crippen molar-refractivity contribution >= 4 is 23.1 Å². The quantitative estimate of drug-likeness (QED) is 0.566. The number of rotatable bonds is 4. The summed E-state index contributed by atoms with van der Waals surface area (Å²) < 4.78 is 18.2. The molecule has 0 aliphatic carbocycles. The summed E-state index contributed by atoms with van der Waals surface area (Å²) in [6.07, 6.45) is 1.02. The molecule has 11 heteroatoms. The van der Waals surface area contributed by atoms with E-state index >= 15 is 0 Å². The summed E-state index contributed by atoms with van der Waals surface area (Å²) in [7, 11) is 0. The topological polar surface area (TPSA) is 142 Å². The van der Waals surface area contributed by atoms with Crippen LogP contribution in [-0.4, -0.2) is 55.2 Å². The summed E-state index contributed by atoms with van der Waals surface area (Å²) in [5, 5.41) is 17.3. The second-order valence-electron chi connectivity index (χ2n) is 5.58. The molecule has 0 bridgehead atoms. The average Bonchev–Trinajstić information content (AvgIpc) is 3.12. The zero-order valence-corrected chi connectivity index (χ0v) is 13.6. The van der Waals surface area contributed by atoms with E-state index in [0.717, 1.165) is 6.33 Å². The number of ether oxygens (including phenoxy) is 3. The molecule has 3 rings (SSSR count). The van der Waals surface area contributed by atoms with E-state index in [0.29, 0.717) is 16.8 Å². The fourth-order valence-electron chi connectivity index (χ4n) is 2.69. The van der Waals surface area contributed by atoms with E-state index in [1.165, 1.54) is 20.2 Å². The van der Waals surface area contributed by atoms with E-state index in [-0.39, 0.29) is 17.6 Å². The minimum Gasteiger partial charge on any atom is -0.463 e. The predicted molar refractivity (Wildman–Crippen MR) is 79.3 cm³/mol. The van der Waals surface area contributed by atoms with Crippen molar-refractivity contribution in [2.75, 3.05) is 6.61 Å². The number of nitrogens with one attached hydrogen (secondary N) is 1. The van der Waals surface area contributed by atoms with Crippen molar-refractivity contribution in [2.24, 2.45) is 0 Å². The number of esters is 2. The minimum atomic E-state index is -0.628. The highest BCUT2D eigenvalue weighted by molar-refractivity contribution is 5.68. The Labute approximate surface area is 141 Å². The second-order valence-corrected chi connectivity index (χ2v) is 5.58. The van der Waals surface area contributed by atoms with Gasteiger partial charge in [0.15, 0.2) is 16.7 Å². The molecule has 134 valence electrons. The van der Waals surface area contributed by atoms with E-state index in [4.69, 9.17) is 19.6 Å². The largest absolute Gasteiger partial charge is 0.463 e. The van der Waals surface area contributed by atoms with Gasteiger partial charge in [-0.2, -0.15) is 4.73 Å². The average molecular weight is 351 g/mol. The van der Waals surface area contributed by atoms with Crippen molar-refractivity contribution < 1.29 is 29.0 Å². The summed E-state index contributed by atoms with van der Waals surface area (Å²) in [4.78, 5) is 30.4. The maximum atomic E-state index is 11.3. The molecule has 0 unspecified atom stereocenters. The van der Waals surface area contributed by atoms with Crippen LogP contribution >= 0.6 is 0 Å². The second kappa shape index (κ2) is 6.51. The molecule has 0 radical (unpaired) electrons. The van der Waals surface area contributed by atoms with Crippen LogP contribution in [-0.2, 0) is 23.8 Å². The first-order valence-corrected chi connectivity index (χ1v) is 7.51. The van der Waals surface area contributed by atoms with E-state index in [1.54, 1.807) is 4.57 Å². The third-order valence-electron chi connectivity index (χ3n) is 3.77. The van der Waals surface area contributed by atoms with Crippen LogP contribution in [0.15, 0.2) is 12.7 Å². The molecule has 1 aliphatic heterocycles. The first kappa shape index (κ1) is 16.9. The van der Waals surface area contributed by atoms with Crippen LogP contribution < -0.4 is 5.49 Å². The smallest absolute Gasteiger partial charge is 0.303 e. The van der Waals surface area contributed by atoms with Gasteiger partial charge in [-0.1, -0.05) is 0 Å². The third-order valence-corrected chi connectivity index (χ3v) is 3.77. The molecule has 0 saturated carbocycles. The number of nitrogens with zero attached hydrogens (tertiary/aromatic N) is 4. The number of aromatic nitrogens is 4. The Morgan fingerprint density at radius 1 is 1.36 bits per heavy atom. The van der Waals surface area contributed by atoms with E-state index in [1.807, 2.05) is 0 Å². The van der Waals surface area contributed by atoms with Gasteiger partial charge in [0.2, 0.25) is 0 Å². The van der Waals surface area contributed by atoms with Crippen LogP contribution in [0.3, 0.4) is 0 Å². The van der Waals surface area contributed by atoms with E-state index in [2.05, 4.69) is 9.97 Å². The molecule has 11 nitrogen and oxygen atoms in total. The molecule has 2 aromatic rings. The first-order valence-electron chi connectivity index (χ1n) is 7.51. The molecule has 1 saturated heterocycles. The van der Waals surface area contributed by atoms with Crippen molar-refractivity contribution in [1.82, 2.24) is 19.3 Å². The molecule has 25 heavy (non-hydrogen) atoms. The zero-order valence-electron chi connectivity index (χ0n) is 13.6. The molecule has 0 amide bonds. The number of carbonyl (C=O) groups excluding carboxylic acids is 2. The van der Waals surface area contributed by atoms with Crippen molar-refractivity contribution in [3.8, 4) is 0 Å². The highest BCUT2D eigenvalue weighted by Gasteiger charge is 2.39. The number of carbonyl (C=O) groups is 2. The van der Waals surface area contributed by atoms with E-state index in [9.17, 15) is 14.8 Å². The van der Waals surface area contributed by atoms with Gasteiger partial charge < -0.3 is 19.4 Å². The molecule has 3 heterocycles. The van der Waals surface area contributed by atoms with E-state index < -0.39 is 30.4 Å². The summed E-state index contributed by atoms with van der Waals surface area (Å²) in [6, 6.07) is 0. The van der Waals surface area contributed by atoms with Crippen molar-refractivity contribution in [3.63, 3.8) is 0 Å². The predicted octanol–water partition coefficient (Wildman–Crippen LogP) is -0.268. The fraction of sp³-hybridized carbons (Fsp3) is 0.500. The van der Waals surface area contributed by atoms with Crippen molar-refractivity contribution in [2.45, 2.75) is 38.7 Å². The number of hydrogen-bond acceptors (Lipinski definition) is 9. The van der Waals surface area contributed by atoms with Gasteiger partial charge in [-0.15, -0.1) is 0 Å². The van der Waals surface area contributed by atoms with Gasteiger partial charge in [0.05, 0.1) is 6.33 Å². The minimum absolute atomic E-state index is 0.0514. The maximum absolute atomic E-state index is 11.3. The summed E-state index contributed by atoms with van der Waals surface area (Å²) in [5.41, 5.74) is 0.325. The Balaban J connectivity index is 1.87. The van der Waals surface area contributed by atoms with Gasteiger partial charge in [-0.05, 0) is 0 Å². The highest BCUT2D eigenvalue weighted by atomic mass is 16.6. The lowest BCUT2D eigenvalue weighted by Gasteiger charge is -2.17. The third kappa shape index (κ3) is 3.31. The summed E-state index contributed by atoms with van der Waals surface area (Å²) in [6.45, 7) is 2.52. The molecule has 1 aliphatic rings. The van der Waals surface area contributed by atoms with Gasteiger partial charge in [0.25, 0.3) is 0 Å². The normalized spacial score (nSPS) is 22.9. The summed E-state index contributed by atoms with van der Waals surface area (Å²) in [5.74, 6) is -0.930. The van der Waals surface area contributed by atoms with Crippen LogP contribution in [0, 0.1) is 5.41 Å². The monoisotopic (exact) mass is 351 g/mol. The molecule has 0 aromatic carbocycles. The lowest BCUT2D eigenvalue weighted by Crippen LogP contribution is -2.31. The number of hydrogen-bond donors (Lipinski definition) is 2. The Hall–Kier alpha value is -2.95. The Bertz CT molecular complexity index is 874. The molecule has 1 fully saturated rings. The highest BCUT2D eigenvalue weighted by Crippen LogP contribution is 2.32. The van der Waals surface area contributed by atoms with Crippen molar-refractivity contribution in [1.29, 1.82) is 5.41 Å². The van der Waals surface area contributed by atoms with Crippen molar-refractivity contribution in [3.05, 3.63) is 18.1 Å². The van der Waals surface area contributed by atoms with Gasteiger partial charge in [0.1, 0.15) is 31.4 Å². The zero-order chi connectivity index (χ0) is 18.1. The lowest BCUT2D eigenvalue weighted by atomic mass is 10.2. The number of fused-ring (bicyclic) bond motifs is 1. The van der Waals surface area contributed by atoms with Gasteiger partial charge in [0, 0.05) is 20.3 Å². The van der Waals surface area contributed by atoms with Crippen LogP contribution in [0.1, 0.15) is 26.5 Å². The van der Waals surface area contributed by atoms with Gasteiger partial charge in [-0.25, -0.2) is 9.97 Å². The standard InChI is InChI=1S/C14H17N5O6/c1-7(20)23-4-10-9(24-8(2)21)3-11(25-10)18-5-16-12-13(15)19(22)6-17-14(12)18/h5-6,9-11,15,22H,3-4H2,1-2H3/t9-,10+,11+/m0/s1. The molecule has 2 aromatic heterocycles. The Kier molecular flexibility index (Phi) is 4.40. The Morgan fingerprint density at radius 3 is 2.80 bits per heavy atom. The van der Waals surface area contributed by atoms with Crippen LogP contribution in [0.5, 0.6) is 0 Å². The molecular weight excluding hydrogens is 334 g/mol. The fourth-order valence-corrected chi connectivity index (χ4v) is 2.69. The molecular formula is C14H17N5O6. The molecule has 3 atom stereocenters. The van der Waals surface area contributed by atoms with Crippen LogP contribution in [0.2, 0.25) is 0 Å². The van der Waals surface area contributed by atoms with Crippen LogP contribution in [0.4, 0.5) is 0 Å². The lowest BCUT2D eigenvalue weighted by molar-refractivity contribution is -0.155. The van der Waals surface area contributed by atoms with Gasteiger partial charge in [-0.3, -0.25) is 19.6 Å². The SMILES string of the molecule is CC(=O)OC[C@H]1O[C@@H](n2cnc3c(=N)n(O)cnc32)C[C@@H]1OC(C)=O. The van der Waals surface area contributed by atoms with Crippen LogP contribution in [0.25, 0.3) is 11.2 Å². The first-order chi connectivity index (χ1) is 11.9.